The molecule has 2 atom stereocenters. The van der Waals surface area contributed by atoms with Crippen molar-refractivity contribution in [2.75, 3.05) is 24.1 Å². The lowest BCUT2D eigenvalue weighted by atomic mass is 9.94. The van der Waals surface area contributed by atoms with Gasteiger partial charge in [0.1, 0.15) is 17.2 Å². The lowest BCUT2D eigenvalue weighted by molar-refractivity contribution is -0.114. The summed E-state index contributed by atoms with van der Waals surface area (Å²) < 4.78 is 15.1. The van der Waals surface area contributed by atoms with Crippen LogP contribution in [0.5, 0.6) is 0 Å². The summed E-state index contributed by atoms with van der Waals surface area (Å²) in [4.78, 5) is 27.1. The SMILES string of the molecule is Cn1nc(C2CC3CC(N4CC=C(C(N)=O)CC4)CC3C2)c(C(=O)Nc2ccc(F)c(Cl)c2)c1N. The second kappa shape index (κ2) is 9.28. The van der Waals surface area contributed by atoms with E-state index in [1.54, 1.807) is 11.7 Å². The molecule has 35 heavy (non-hydrogen) atoms. The Morgan fingerprint density at radius 3 is 2.51 bits per heavy atom. The molecule has 2 amide bonds. The zero-order chi connectivity index (χ0) is 24.9. The number of hydrogen-bond donors (Lipinski definition) is 3. The molecule has 0 saturated heterocycles. The monoisotopic (exact) mass is 500 g/mol. The van der Waals surface area contributed by atoms with E-state index in [4.69, 9.17) is 23.1 Å². The van der Waals surface area contributed by atoms with Crippen molar-refractivity contribution in [3.63, 3.8) is 0 Å². The summed E-state index contributed by atoms with van der Waals surface area (Å²) in [5.41, 5.74) is 13.9. The minimum absolute atomic E-state index is 0.0598. The Morgan fingerprint density at radius 1 is 1.20 bits per heavy atom. The number of carbonyl (C=O) groups excluding carboxylic acids is 2. The number of rotatable bonds is 5. The quantitative estimate of drug-likeness (QED) is 0.581. The van der Waals surface area contributed by atoms with Crippen molar-refractivity contribution in [3.8, 4) is 0 Å². The van der Waals surface area contributed by atoms with Crippen LogP contribution in [0.1, 0.15) is 54.1 Å². The van der Waals surface area contributed by atoms with Gasteiger partial charge in [0, 0.05) is 43.4 Å². The van der Waals surface area contributed by atoms with E-state index >= 15 is 0 Å². The molecule has 2 unspecified atom stereocenters. The zero-order valence-corrected chi connectivity index (χ0v) is 20.4. The second-order valence-electron chi connectivity index (χ2n) is 10.0. The lowest BCUT2D eigenvalue weighted by Gasteiger charge is -2.32. The molecular weight excluding hydrogens is 471 g/mol. The molecule has 5 N–H and O–H groups in total. The van der Waals surface area contributed by atoms with Crippen molar-refractivity contribution >= 4 is 34.9 Å². The number of nitrogen functional groups attached to an aromatic ring is 1. The summed E-state index contributed by atoms with van der Waals surface area (Å²) in [6.45, 7) is 1.65. The summed E-state index contributed by atoms with van der Waals surface area (Å²) in [5.74, 6) is 0.390. The number of benzene rings is 1. The fourth-order valence-corrected chi connectivity index (χ4v) is 6.37. The molecule has 1 aromatic carbocycles. The van der Waals surface area contributed by atoms with Crippen LogP contribution in [0.2, 0.25) is 5.02 Å². The van der Waals surface area contributed by atoms with Crippen LogP contribution in [0.25, 0.3) is 0 Å². The first kappa shape index (κ1) is 23.8. The fourth-order valence-electron chi connectivity index (χ4n) is 6.19. The number of nitrogens with zero attached hydrogens (tertiary/aromatic N) is 3. The number of aromatic nitrogens is 2. The number of carbonyl (C=O) groups is 2. The normalized spacial score (nSPS) is 26.4. The summed E-state index contributed by atoms with van der Waals surface area (Å²) in [7, 11) is 1.74. The fraction of sp³-hybridized carbons (Fsp3) is 0.480. The number of fused-ring (bicyclic) bond motifs is 1. The highest BCUT2D eigenvalue weighted by molar-refractivity contribution is 6.31. The van der Waals surface area contributed by atoms with Crippen LogP contribution in [-0.2, 0) is 11.8 Å². The molecule has 0 bridgehead atoms. The Morgan fingerprint density at radius 2 is 1.91 bits per heavy atom. The van der Waals surface area contributed by atoms with Crippen molar-refractivity contribution in [1.82, 2.24) is 14.7 Å². The van der Waals surface area contributed by atoms with Crippen molar-refractivity contribution in [2.24, 2.45) is 24.6 Å². The minimum atomic E-state index is -0.545. The van der Waals surface area contributed by atoms with E-state index in [2.05, 4.69) is 15.3 Å². The van der Waals surface area contributed by atoms with Gasteiger partial charge >= 0.3 is 0 Å². The van der Waals surface area contributed by atoms with Crippen LogP contribution in [0.15, 0.2) is 29.8 Å². The van der Waals surface area contributed by atoms with E-state index in [1.165, 1.54) is 18.2 Å². The molecule has 3 aliphatic rings. The number of halogens is 2. The molecule has 8 nitrogen and oxygen atoms in total. The Hall–Kier alpha value is -2.91. The Kier molecular flexibility index (Phi) is 6.31. The van der Waals surface area contributed by atoms with Crippen molar-refractivity contribution in [3.05, 3.63) is 51.9 Å². The van der Waals surface area contributed by atoms with Crippen LogP contribution in [-0.4, -0.2) is 45.6 Å². The van der Waals surface area contributed by atoms with Crippen molar-refractivity contribution in [1.29, 1.82) is 0 Å². The number of anilines is 2. The van der Waals surface area contributed by atoms with E-state index < -0.39 is 5.82 Å². The largest absolute Gasteiger partial charge is 0.383 e. The number of hydrogen-bond acceptors (Lipinski definition) is 5. The average Bonchev–Trinajstić information content (AvgIpc) is 3.48. The average molecular weight is 501 g/mol. The highest BCUT2D eigenvalue weighted by atomic mass is 35.5. The third kappa shape index (κ3) is 4.54. The molecule has 2 saturated carbocycles. The maximum absolute atomic E-state index is 13.5. The maximum Gasteiger partial charge on any atom is 0.261 e. The van der Waals surface area contributed by atoms with E-state index in [9.17, 15) is 14.0 Å². The predicted octanol–water partition coefficient (Wildman–Crippen LogP) is 3.44. The lowest BCUT2D eigenvalue weighted by Crippen LogP contribution is -2.38. The van der Waals surface area contributed by atoms with Crippen LogP contribution in [0.4, 0.5) is 15.9 Å². The van der Waals surface area contributed by atoms with E-state index in [0.717, 1.165) is 56.5 Å². The van der Waals surface area contributed by atoms with Gasteiger partial charge in [-0.25, -0.2) is 4.39 Å². The summed E-state index contributed by atoms with van der Waals surface area (Å²) in [5, 5.41) is 7.36. The highest BCUT2D eigenvalue weighted by Gasteiger charge is 2.45. The van der Waals surface area contributed by atoms with Crippen LogP contribution in [0.3, 0.4) is 0 Å². The molecule has 2 aromatic rings. The molecule has 1 aromatic heterocycles. The van der Waals surface area contributed by atoms with Gasteiger partial charge in [0.15, 0.2) is 0 Å². The summed E-state index contributed by atoms with van der Waals surface area (Å²) in [6, 6.07) is 4.57. The molecule has 2 fully saturated rings. The first-order valence-corrected chi connectivity index (χ1v) is 12.4. The zero-order valence-electron chi connectivity index (χ0n) is 19.6. The van der Waals surface area contributed by atoms with E-state index in [-0.39, 0.29) is 22.8 Å². The van der Waals surface area contributed by atoms with Gasteiger partial charge in [0.05, 0.1) is 10.7 Å². The number of nitrogens with two attached hydrogens (primary N) is 2. The number of nitrogens with one attached hydrogen (secondary N) is 1. The van der Waals surface area contributed by atoms with Crippen molar-refractivity contribution < 1.29 is 14.0 Å². The van der Waals surface area contributed by atoms with Crippen LogP contribution < -0.4 is 16.8 Å². The minimum Gasteiger partial charge on any atom is -0.383 e. The van der Waals surface area contributed by atoms with Gasteiger partial charge in [0.25, 0.3) is 5.91 Å². The van der Waals surface area contributed by atoms with Gasteiger partial charge in [-0.05, 0) is 62.1 Å². The molecule has 186 valence electrons. The second-order valence-corrected chi connectivity index (χ2v) is 10.4. The van der Waals surface area contributed by atoms with Crippen LogP contribution in [0, 0.1) is 17.7 Å². The molecule has 0 spiro atoms. The standard InChI is InChI=1S/C25H30ClFN6O2/c1-32-23(28)21(25(35)30-17-2-3-20(27)19(26)12-17)22(31-32)16-8-14-10-18(11-15(14)9-16)33-6-4-13(5-7-33)24(29)34/h2-4,12,14-16,18H,5-11,28H2,1H3,(H2,29,34)(H,30,35). The summed E-state index contributed by atoms with van der Waals surface area (Å²) in [6.07, 6.45) is 6.85. The smallest absolute Gasteiger partial charge is 0.261 e. The number of aryl methyl sites for hydroxylation is 1. The van der Waals surface area contributed by atoms with E-state index in [0.29, 0.717) is 34.9 Å². The molecular formula is C25H30ClFN6O2. The van der Waals surface area contributed by atoms with Gasteiger partial charge in [0.2, 0.25) is 5.91 Å². The first-order chi connectivity index (χ1) is 16.7. The first-order valence-electron chi connectivity index (χ1n) is 12.0. The Labute approximate surface area is 208 Å². The van der Waals surface area contributed by atoms with Gasteiger partial charge in [-0.15, -0.1) is 0 Å². The third-order valence-corrected chi connectivity index (χ3v) is 8.26. The van der Waals surface area contributed by atoms with Gasteiger partial charge in [-0.3, -0.25) is 19.2 Å². The topological polar surface area (TPSA) is 119 Å². The molecule has 1 aliphatic heterocycles. The maximum atomic E-state index is 13.5. The Bertz CT molecular complexity index is 1200. The molecule has 5 rings (SSSR count). The number of primary amides is 1. The highest BCUT2D eigenvalue weighted by Crippen LogP contribution is 2.52. The Balaban J connectivity index is 1.27. The van der Waals surface area contributed by atoms with Crippen LogP contribution >= 0.6 is 11.6 Å². The molecule has 2 aliphatic carbocycles. The molecule has 2 heterocycles. The van der Waals surface area contributed by atoms with Gasteiger partial charge < -0.3 is 16.8 Å². The van der Waals surface area contributed by atoms with E-state index in [1.807, 2.05) is 6.08 Å². The van der Waals surface area contributed by atoms with Crippen molar-refractivity contribution in [2.45, 2.75) is 44.1 Å². The molecule has 0 radical (unpaired) electrons. The third-order valence-electron chi connectivity index (χ3n) is 7.97. The summed E-state index contributed by atoms with van der Waals surface area (Å²) >= 11 is 5.86. The predicted molar refractivity (Wildman–Crippen MR) is 132 cm³/mol. The molecule has 10 heteroatoms. The van der Waals surface area contributed by atoms with Gasteiger partial charge in [-0.2, -0.15) is 5.10 Å². The van der Waals surface area contributed by atoms with Gasteiger partial charge in [-0.1, -0.05) is 17.7 Å². The number of amides is 2.